The number of carbonyl (C=O) groups excluding carboxylic acids is 3. The Morgan fingerprint density at radius 3 is 2.63 bits per heavy atom. The van der Waals surface area contributed by atoms with E-state index in [4.69, 9.17) is 9.15 Å². The average molecular weight is 414 g/mol. The maximum atomic E-state index is 13.3. The van der Waals surface area contributed by atoms with E-state index in [0.29, 0.717) is 22.6 Å². The normalized spacial score (nSPS) is 16.6. The Morgan fingerprint density at radius 1 is 1.27 bits per heavy atom. The van der Waals surface area contributed by atoms with Crippen molar-refractivity contribution in [3.8, 4) is 0 Å². The van der Waals surface area contributed by atoms with Crippen LogP contribution in [0.4, 0.5) is 4.39 Å². The highest BCUT2D eigenvalue weighted by atomic mass is 19.1. The first kappa shape index (κ1) is 21.3. The number of allylic oxidation sites excluding steroid dienone is 1. The summed E-state index contributed by atoms with van der Waals surface area (Å²) in [6.07, 6.45) is 1.48. The minimum atomic E-state index is -0.570. The molecule has 0 radical (unpaired) electrons. The van der Waals surface area contributed by atoms with Gasteiger partial charge < -0.3 is 19.4 Å². The van der Waals surface area contributed by atoms with Crippen molar-refractivity contribution in [2.24, 2.45) is 0 Å². The second-order valence-electron chi connectivity index (χ2n) is 6.86. The van der Waals surface area contributed by atoms with E-state index in [1.807, 2.05) is 0 Å². The summed E-state index contributed by atoms with van der Waals surface area (Å²) in [5.41, 5.74) is 1.28. The predicted octanol–water partition coefficient (Wildman–Crippen LogP) is 2.89. The Bertz CT molecular complexity index is 950. The summed E-state index contributed by atoms with van der Waals surface area (Å²) in [5, 5.41) is 2.68. The van der Waals surface area contributed by atoms with Crippen LogP contribution in [0.3, 0.4) is 0 Å². The molecule has 1 aliphatic heterocycles. The minimum absolute atomic E-state index is 0.0252. The largest absolute Gasteiger partial charge is 0.467 e. The van der Waals surface area contributed by atoms with Crippen molar-refractivity contribution in [1.82, 2.24) is 10.2 Å². The fraction of sp³-hybridized carbons (Fsp3) is 0.318. The minimum Gasteiger partial charge on any atom is -0.467 e. The van der Waals surface area contributed by atoms with Crippen molar-refractivity contribution in [1.29, 1.82) is 0 Å². The first-order chi connectivity index (χ1) is 14.4. The van der Waals surface area contributed by atoms with Crippen molar-refractivity contribution >= 4 is 17.8 Å². The van der Waals surface area contributed by atoms with E-state index in [1.54, 1.807) is 38.1 Å². The van der Waals surface area contributed by atoms with Crippen LogP contribution in [0.1, 0.15) is 37.5 Å². The van der Waals surface area contributed by atoms with Crippen LogP contribution in [0.5, 0.6) is 0 Å². The van der Waals surface area contributed by atoms with Gasteiger partial charge in [-0.3, -0.25) is 9.59 Å². The lowest BCUT2D eigenvalue weighted by Gasteiger charge is -2.34. The lowest BCUT2D eigenvalue weighted by atomic mass is 9.83. The summed E-state index contributed by atoms with van der Waals surface area (Å²) in [5.74, 6) is -1.64. The maximum absolute atomic E-state index is 13.3. The third kappa shape index (κ3) is 4.76. The van der Waals surface area contributed by atoms with Crippen molar-refractivity contribution in [2.45, 2.75) is 32.7 Å². The molecule has 0 unspecified atom stereocenters. The van der Waals surface area contributed by atoms with E-state index < -0.39 is 17.7 Å². The number of furan rings is 1. The van der Waals surface area contributed by atoms with Gasteiger partial charge in [-0.15, -0.1) is 0 Å². The van der Waals surface area contributed by atoms with Crippen LogP contribution >= 0.6 is 0 Å². The van der Waals surface area contributed by atoms with Crippen LogP contribution in [0.15, 0.2) is 58.3 Å². The van der Waals surface area contributed by atoms with Gasteiger partial charge in [0.15, 0.2) is 0 Å². The van der Waals surface area contributed by atoms with E-state index >= 15 is 0 Å². The number of benzene rings is 1. The van der Waals surface area contributed by atoms with Gasteiger partial charge in [0.2, 0.25) is 11.8 Å². The zero-order valence-corrected chi connectivity index (χ0v) is 16.8. The summed E-state index contributed by atoms with van der Waals surface area (Å²) in [7, 11) is 0. The highest BCUT2D eigenvalue weighted by Crippen LogP contribution is 2.37. The van der Waals surface area contributed by atoms with Crippen LogP contribution < -0.4 is 5.32 Å². The molecule has 8 heteroatoms. The van der Waals surface area contributed by atoms with E-state index in [0.717, 1.165) is 0 Å². The van der Waals surface area contributed by atoms with Gasteiger partial charge in [-0.1, -0.05) is 12.1 Å². The van der Waals surface area contributed by atoms with Crippen LogP contribution in [-0.4, -0.2) is 35.8 Å². The highest BCUT2D eigenvalue weighted by Gasteiger charge is 2.37. The molecule has 0 spiro atoms. The van der Waals surface area contributed by atoms with Crippen LogP contribution in [0.25, 0.3) is 0 Å². The molecule has 1 atom stereocenters. The Balaban J connectivity index is 1.84. The van der Waals surface area contributed by atoms with Gasteiger partial charge in [0.1, 0.15) is 18.1 Å². The van der Waals surface area contributed by atoms with Gasteiger partial charge >= 0.3 is 5.97 Å². The third-order valence-electron chi connectivity index (χ3n) is 4.93. The molecular formula is C22H23FN2O5. The number of nitrogens with zero attached hydrogens (tertiary/aromatic N) is 1. The Hall–Kier alpha value is -3.42. The Labute approximate surface area is 173 Å². The van der Waals surface area contributed by atoms with Gasteiger partial charge in [0.25, 0.3) is 0 Å². The molecular weight excluding hydrogens is 391 g/mol. The highest BCUT2D eigenvalue weighted by molar-refractivity contribution is 5.97. The summed E-state index contributed by atoms with van der Waals surface area (Å²) in [4.78, 5) is 39.1. The summed E-state index contributed by atoms with van der Waals surface area (Å²) in [6.45, 7) is 3.43. The molecule has 2 amide bonds. The predicted molar refractivity (Wildman–Crippen MR) is 105 cm³/mol. The lowest BCUT2D eigenvalue weighted by Crippen LogP contribution is -2.44. The number of hydrogen-bond acceptors (Lipinski definition) is 5. The van der Waals surface area contributed by atoms with E-state index in [1.165, 1.54) is 23.3 Å². The monoisotopic (exact) mass is 414 g/mol. The Kier molecular flexibility index (Phi) is 6.66. The lowest BCUT2D eigenvalue weighted by molar-refractivity contribution is -0.141. The molecule has 0 bridgehead atoms. The number of ether oxygens (including phenoxy) is 1. The zero-order chi connectivity index (χ0) is 21.7. The van der Waals surface area contributed by atoms with E-state index in [-0.39, 0.29) is 37.9 Å². The van der Waals surface area contributed by atoms with Crippen molar-refractivity contribution in [3.63, 3.8) is 0 Å². The molecule has 1 aromatic carbocycles. The van der Waals surface area contributed by atoms with Crippen LogP contribution in [-0.2, 0) is 25.7 Å². The molecule has 0 saturated carbocycles. The van der Waals surface area contributed by atoms with Crippen molar-refractivity contribution in [3.05, 3.63) is 71.1 Å². The van der Waals surface area contributed by atoms with Crippen LogP contribution in [0, 0.1) is 5.82 Å². The smallest absolute Gasteiger partial charge is 0.336 e. The molecule has 1 aromatic heterocycles. The molecule has 1 aliphatic rings. The van der Waals surface area contributed by atoms with Crippen molar-refractivity contribution < 1.29 is 27.9 Å². The molecule has 0 saturated heterocycles. The summed E-state index contributed by atoms with van der Waals surface area (Å²) >= 11 is 0. The number of hydrogen-bond donors (Lipinski definition) is 1. The molecule has 2 aromatic rings. The second-order valence-corrected chi connectivity index (χ2v) is 6.86. The molecule has 0 aliphatic carbocycles. The van der Waals surface area contributed by atoms with Gasteiger partial charge in [-0.05, 0) is 43.7 Å². The van der Waals surface area contributed by atoms with Gasteiger partial charge in [-0.2, -0.15) is 0 Å². The summed E-state index contributed by atoms with van der Waals surface area (Å²) < 4.78 is 23.7. The first-order valence-electron chi connectivity index (χ1n) is 9.63. The van der Waals surface area contributed by atoms with Gasteiger partial charge in [0.05, 0.1) is 25.0 Å². The average Bonchev–Trinajstić information content (AvgIpc) is 3.23. The number of esters is 1. The van der Waals surface area contributed by atoms with E-state index in [2.05, 4.69) is 5.32 Å². The second kappa shape index (κ2) is 9.39. The molecule has 3 rings (SSSR count). The third-order valence-corrected chi connectivity index (χ3v) is 4.93. The Morgan fingerprint density at radius 2 is 2.00 bits per heavy atom. The fourth-order valence-electron chi connectivity index (χ4n) is 3.46. The fourth-order valence-corrected chi connectivity index (χ4v) is 3.46. The van der Waals surface area contributed by atoms with E-state index in [9.17, 15) is 18.8 Å². The summed E-state index contributed by atoms with van der Waals surface area (Å²) in [6, 6.07) is 9.10. The number of rotatable bonds is 7. The first-order valence-corrected chi connectivity index (χ1v) is 9.63. The molecule has 2 heterocycles. The number of amides is 2. The van der Waals surface area contributed by atoms with Gasteiger partial charge in [-0.25, -0.2) is 9.18 Å². The van der Waals surface area contributed by atoms with Crippen molar-refractivity contribution in [2.75, 3.05) is 13.2 Å². The molecule has 30 heavy (non-hydrogen) atoms. The zero-order valence-electron chi connectivity index (χ0n) is 16.8. The maximum Gasteiger partial charge on any atom is 0.336 e. The quantitative estimate of drug-likeness (QED) is 0.704. The standard InChI is InChI=1S/C22H23FN2O5/c1-3-29-22(28)21-14(2)25(13-19(26)24-12-17-5-4-10-30-17)20(27)11-18(21)15-6-8-16(23)9-7-15/h4-10,18H,3,11-13H2,1-2H3,(H,24,26)/t18-/m0/s1. The SMILES string of the molecule is CCOC(=O)C1=C(C)N(CC(=O)NCc2ccco2)C(=O)C[C@H]1c1ccc(F)cc1. The number of halogens is 1. The molecule has 7 nitrogen and oxygen atoms in total. The molecule has 158 valence electrons. The molecule has 1 N–H and O–H groups in total. The number of nitrogens with one attached hydrogen (secondary N) is 1. The number of carbonyl (C=O) groups is 3. The molecule has 0 fully saturated rings. The van der Waals surface area contributed by atoms with Gasteiger partial charge in [0, 0.05) is 18.0 Å². The van der Waals surface area contributed by atoms with Crippen LogP contribution in [0.2, 0.25) is 0 Å². The topological polar surface area (TPSA) is 88.8 Å².